The Morgan fingerprint density at radius 3 is 3.13 bits per heavy atom. The fourth-order valence-corrected chi connectivity index (χ4v) is 2.90. The van der Waals surface area contributed by atoms with Crippen LogP contribution < -0.4 is 5.73 Å². The van der Waals surface area contributed by atoms with Crippen molar-refractivity contribution >= 4 is 23.4 Å². The molecule has 0 aliphatic carbocycles. The minimum absolute atomic E-state index is 0.0718. The van der Waals surface area contributed by atoms with Crippen LogP contribution in [-0.2, 0) is 0 Å². The second-order valence-corrected chi connectivity index (χ2v) is 4.78. The van der Waals surface area contributed by atoms with Gasteiger partial charge in [0, 0.05) is 18.8 Å². The normalized spacial score (nSPS) is 20.5. The minimum atomic E-state index is -0.0718. The Hall–Kier alpha value is -1.17. The highest BCUT2D eigenvalue weighted by Gasteiger charge is 2.26. The molecule has 2 rings (SSSR count). The molecule has 1 fully saturated rings. The third kappa shape index (κ3) is 1.94. The number of thioether (sulfide) groups is 1. The van der Waals surface area contributed by atoms with Gasteiger partial charge >= 0.3 is 0 Å². The van der Waals surface area contributed by atoms with Crippen molar-refractivity contribution in [2.24, 2.45) is 0 Å². The summed E-state index contributed by atoms with van der Waals surface area (Å²) in [7, 11) is 1.82. The van der Waals surface area contributed by atoms with E-state index in [0.29, 0.717) is 17.4 Å². The van der Waals surface area contributed by atoms with Crippen molar-refractivity contribution in [3.8, 4) is 0 Å². The Labute approximate surface area is 92.4 Å². The third-order valence-corrected chi connectivity index (χ3v) is 3.80. The second-order valence-electron chi connectivity index (χ2n) is 3.63. The molecular weight excluding hydrogens is 212 g/mol. The summed E-state index contributed by atoms with van der Waals surface area (Å²) >= 11 is 1.88. The lowest BCUT2D eigenvalue weighted by molar-refractivity contribution is 0.0743. The molecule has 1 aromatic heterocycles. The Morgan fingerprint density at radius 1 is 1.80 bits per heavy atom. The van der Waals surface area contributed by atoms with E-state index in [1.54, 1.807) is 4.90 Å². The number of nitrogens with one attached hydrogen (secondary N) is 1. The van der Waals surface area contributed by atoms with Crippen LogP contribution in [0.15, 0.2) is 6.20 Å². The van der Waals surface area contributed by atoms with E-state index in [4.69, 9.17) is 5.73 Å². The van der Waals surface area contributed by atoms with Crippen LogP contribution in [0.5, 0.6) is 0 Å². The lowest BCUT2D eigenvalue weighted by Crippen LogP contribution is -2.37. The maximum absolute atomic E-state index is 12.0. The topological polar surface area (TPSA) is 75.0 Å². The molecule has 6 heteroatoms. The van der Waals surface area contributed by atoms with Crippen molar-refractivity contribution in [1.29, 1.82) is 0 Å². The Morgan fingerprint density at radius 2 is 2.60 bits per heavy atom. The summed E-state index contributed by atoms with van der Waals surface area (Å²) in [6, 6.07) is 0.324. The molecule has 1 aliphatic heterocycles. The molecule has 0 spiro atoms. The largest absolute Gasteiger partial charge is 0.396 e. The van der Waals surface area contributed by atoms with Gasteiger partial charge in [-0.1, -0.05) is 0 Å². The fourth-order valence-electron chi connectivity index (χ4n) is 1.64. The molecule has 1 amide bonds. The van der Waals surface area contributed by atoms with Crippen LogP contribution in [0.3, 0.4) is 0 Å². The molecule has 1 aromatic rings. The van der Waals surface area contributed by atoms with E-state index in [0.717, 1.165) is 17.9 Å². The lowest BCUT2D eigenvalue weighted by Gasteiger charge is -2.23. The quantitative estimate of drug-likeness (QED) is 0.773. The molecule has 0 bridgehead atoms. The summed E-state index contributed by atoms with van der Waals surface area (Å²) in [6.07, 6.45) is 2.52. The predicted octanol–water partition coefficient (Wildman–Crippen LogP) is 0.569. The van der Waals surface area contributed by atoms with E-state index in [-0.39, 0.29) is 5.91 Å². The van der Waals surface area contributed by atoms with Gasteiger partial charge in [0.25, 0.3) is 5.91 Å². The summed E-state index contributed by atoms with van der Waals surface area (Å²) in [5, 5.41) is 6.39. The van der Waals surface area contributed by atoms with E-state index < -0.39 is 0 Å². The molecule has 1 saturated heterocycles. The highest BCUT2D eigenvalue weighted by Crippen LogP contribution is 2.23. The molecule has 0 radical (unpaired) electrons. The van der Waals surface area contributed by atoms with Crippen LogP contribution in [0, 0.1) is 0 Å². The van der Waals surface area contributed by atoms with Crippen molar-refractivity contribution in [3.05, 3.63) is 11.9 Å². The van der Waals surface area contributed by atoms with Gasteiger partial charge in [0.2, 0.25) is 0 Å². The van der Waals surface area contributed by atoms with Crippen molar-refractivity contribution < 1.29 is 4.79 Å². The third-order valence-electron chi connectivity index (χ3n) is 2.66. The predicted molar refractivity (Wildman–Crippen MR) is 60.8 cm³/mol. The van der Waals surface area contributed by atoms with Crippen molar-refractivity contribution in [2.45, 2.75) is 12.5 Å². The molecular formula is C9H14N4OS. The van der Waals surface area contributed by atoms with Crippen LogP contribution in [0.2, 0.25) is 0 Å². The first kappa shape index (κ1) is 10.4. The number of anilines is 1. The summed E-state index contributed by atoms with van der Waals surface area (Å²) in [5.74, 6) is 2.06. The number of nitrogen functional groups attached to an aromatic ring is 1. The van der Waals surface area contributed by atoms with Gasteiger partial charge in [0.1, 0.15) is 5.69 Å². The molecule has 82 valence electrons. The van der Waals surface area contributed by atoms with Crippen molar-refractivity contribution in [2.75, 3.05) is 24.3 Å². The maximum Gasteiger partial charge on any atom is 0.274 e. The number of aromatic nitrogens is 2. The molecule has 3 N–H and O–H groups in total. The van der Waals surface area contributed by atoms with Gasteiger partial charge in [-0.2, -0.15) is 16.9 Å². The monoisotopic (exact) mass is 226 g/mol. The van der Waals surface area contributed by atoms with E-state index >= 15 is 0 Å². The Bertz CT molecular complexity index is 359. The van der Waals surface area contributed by atoms with E-state index in [1.165, 1.54) is 6.20 Å². The molecule has 5 nitrogen and oxygen atoms in total. The zero-order chi connectivity index (χ0) is 10.8. The van der Waals surface area contributed by atoms with Crippen molar-refractivity contribution in [3.63, 3.8) is 0 Å². The first-order valence-corrected chi connectivity index (χ1v) is 5.99. The number of amides is 1. The standard InChI is InChI=1S/C9H14N4OS/c1-13(6-2-3-15-5-6)9(14)8-7(10)4-11-12-8/h4,6H,2-3,5,10H2,1H3,(H,11,12). The van der Waals surface area contributed by atoms with Crippen molar-refractivity contribution in [1.82, 2.24) is 15.1 Å². The summed E-state index contributed by atoms with van der Waals surface area (Å²) < 4.78 is 0. The van der Waals surface area contributed by atoms with E-state index in [9.17, 15) is 4.79 Å². The first-order valence-electron chi connectivity index (χ1n) is 4.84. The number of hydrogen-bond acceptors (Lipinski definition) is 4. The zero-order valence-corrected chi connectivity index (χ0v) is 9.38. The van der Waals surface area contributed by atoms with Crippen LogP contribution in [-0.4, -0.2) is 45.6 Å². The summed E-state index contributed by atoms with van der Waals surface area (Å²) in [5.41, 5.74) is 6.44. The number of carbonyl (C=O) groups is 1. The molecule has 1 aliphatic rings. The molecule has 1 atom stereocenters. The van der Waals surface area contributed by atoms with E-state index in [2.05, 4.69) is 10.2 Å². The fraction of sp³-hybridized carbons (Fsp3) is 0.556. The highest BCUT2D eigenvalue weighted by molar-refractivity contribution is 7.99. The maximum atomic E-state index is 12.0. The SMILES string of the molecule is CN(C(=O)c1[nH]ncc1N)C1CCSC1. The number of rotatable bonds is 2. The number of carbonyl (C=O) groups excluding carboxylic acids is 1. The van der Waals surface area contributed by atoms with Gasteiger partial charge in [-0.3, -0.25) is 9.89 Å². The first-order chi connectivity index (χ1) is 7.20. The van der Waals surface area contributed by atoms with Gasteiger partial charge < -0.3 is 10.6 Å². The van der Waals surface area contributed by atoms with Gasteiger partial charge in [-0.25, -0.2) is 0 Å². The second kappa shape index (κ2) is 4.14. The number of nitrogens with zero attached hydrogens (tertiary/aromatic N) is 2. The number of hydrogen-bond donors (Lipinski definition) is 2. The van der Waals surface area contributed by atoms with Gasteiger partial charge in [0.05, 0.1) is 11.9 Å². The molecule has 0 saturated carbocycles. The Kier molecular flexibility index (Phi) is 2.86. The zero-order valence-electron chi connectivity index (χ0n) is 8.56. The molecule has 2 heterocycles. The highest BCUT2D eigenvalue weighted by atomic mass is 32.2. The summed E-state index contributed by atoms with van der Waals surface area (Å²) in [4.78, 5) is 13.7. The van der Waals surface area contributed by atoms with Gasteiger partial charge in [-0.05, 0) is 12.2 Å². The van der Waals surface area contributed by atoms with Crippen LogP contribution >= 0.6 is 11.8 Å². The van der Waals surface area contributed by atoms with E-state index in [1.807, 2.05) is 18.8 Å². The Balaban J connectivity index is 2.10. The number of aromatic amines is 1. The summed E-state index contributed by atoms with van der Waals surface area (Å²) in [6.45, 7) is 0. The minimum Gasteiger partial charge on any atom is -0.396 e. The smallest absolute Gasteiger partial charge is 0.274 e. The number of H-pyrrole nitrogens is 1. The van der Waals surface area contributed by atoms with Crippen LogP contribution in [0.1, 0.15) is 16.9 Å². The average molecular weight is 226 g/mol. The molecule has 15 heavy (non-hydrogen) atoms. The van der Waals surface area contributed by atoms with Gasteiger partial charge in [0.15, 0.2) is 0 Å². The average Bonchev–Trinajstić information content (AvgIpc) is 2.85. The van der Waals surface area contributed by atoms with Crippen LogP contribution in [0.4, 0.5) is 5.69 Å². The number of nitrogens with two attached hydrogens (primary N) is 1. The lowest BCUT2D eigenvalue weighted by atomic mass is 10.2. The van der Waals surface area contributed by atoms with Crippen LogP contribution in [0.25, 0.3) is 0 Å². The molecule has 0 aromatic carbocycles. The molecule has 1 unspecified atom stereocenters. The van der Waals surface area contributed by atoms with Gasteiger partial charge in [-0.15, -0.1) is 0 Å².